The molecule has 556 valence electrons. The van der Waals surface area contributed by atoms with Gasteiger partial charge in [-0.05, 0) is 180 Å². The molecule has 6 heteroatoms. The van der Waals surface area contributed by atoms with Gasteiger partial charge in [-0.1, -0.05) is 320 Å². The van der Waals surface area contributed by atoms with Crippen LogP contribution in [-0.2, 0) is 32.5 Å². The van der Waals surface area contributed by atoms with Gasteiger partial charge in [-0.15, -0.1) is 34.0 Å². The zero-order chi connectivity index (χ0) is 78.0. The highest BCUT2D eigenvalue weighted by Gasteiger charge is 2.50. The fourth-order valence-corrected chi connectivity index (χ4v) is 23.4. The molecule has 114 heavy (non-hydrogen) atoms. The Kier molecular flexibility index (Phi) is 16.6. The molecular formula is C108H91N3S3. The van der Waals surface area contributed by atoms with Crippen LogP contribution in [0.1, 0.15) is 116 Å². The van der Waals surface area contributed by atoms with E-state index in [1.54, 1.807) is 0 Å². The van der Waals surface area contributed by atoms with E-state index in [-0.39, 0.29) is 32.5 Å². The molecule has 0 saturated carbocycles. The van der Waals surface area contributed by atoms with Crippen LogP contribution in [0.15, 0.2) is 334 Å². The Morgan fingerprint density at radius 3 is 1.14 bits per heavy atom. The van der Waals surface area contributed by atoms with Gasteiger partial charge in [0.05, 0.1) is 31.8 Å². The summed E-state index contributed by atoms with van der Waals surface area (Å²) in [4.78, 5) is 4.74. The van der Waals surface area contributed by atoms with Crippen molar-refractivity contribution < 1.29 is 0 Å². The van der Waals surface area contributed by atoms with E-state index in [4.69, 9.17) is 0 Å². The first-order chi connectivity index (χ1) is 55.2. The van der Waals surface area contributed by atoms with Crippen molar-refractivity contribution in [3.63, 3.8) is 0 Å². The van der Waals surface area contributed by atoms with Crippen LogP contribution in [0.4, 0.5) is 34.1 Å². The van der Waals surface area contributed by atoms with E-state index in [1.165, 1.54) is 178 Å². The number of anilines is 6. The summed E-state index contributed by atoms with van der Waals surface area (Å²) < 4.78 is 10.6. The third-order valence-corrected chi connectivity index (χ3v) is 31.1. The molecule has 0 aliphatic heterocycles. The van der Waals surface area contributed by atoms with Crippen molar-refractivity contribution in [2.45, 2.75) is 116 Å². The average molecular weight is 1530 g/mol. The third kappa shape index (κ3) is 10.6. The topological polar surface area (TPSA) is 11.4 Å². The lowest BCUT2D eigenvalue weighted by molar-refractivity contribution is 0.299. The van der Waals surface area contributed by atoms with Crippen LogP contribution in [0.3, 0.4) is 0 Å². The lowest BCUT2D eigenvalue weighted by Crippen LogP contribution is -2.43. The predicted octanol–water partition coefficient (Wildman–Crippen LogP) is 31.9. The lowest BCUT2D eigenvalue weighted by Gasteiger charge is -2.48. The van der Waals surface area contributed by atoms with Crippen molar-refractivity contribution >= 4 is 150 Å². The lowest BCUT2D eigenvalue weighted by atomic mass is 9.55. The minimum absolute atomic E-state index is 0.00312. The predicted molar refractivity (Wildman–Crippen MR) is 496 cm³/mol. The van der Waals surface area contributed by atoms with Gasteiger partial charge in [-0.3, -0.25) is 0 Å². The summed E-state index contributed by atoms with van der Waals surface area (Å²) >= 11 is 5.79. The van der Waals surface area contributed by atoms with E-state index in [2.05, 4.69) is 431 Å². The maximum atomic E-state index is 2.47. The Labute approximate surface area is 681 Å². The van der Waals surface area contributed by atoms with Gasteiger partial charge in [0.2, 0.25) is 0 Å². The fraction of sp³-hybridized carbons (Fsp3) is 0.167. The molecule has 3 aliphatic rings. The minimum Gasteiger partial charge on any atom is -0.310 e. The van der Waals surface area contributed by atoms with Gasteiger partial charge in [-0.2, -0.15) is 0 Å². The van der Waals surface area contributed by atoms with Crippen molar-refractivity contribution in [1.29, 1.82) is 0 Å². The van der Waals surface area contributed by atoms with E-state index in [0.717, 1.165) is 11.4 Å². The molecule has 4 heterocycles. The molecule has 0 unspecified atom stereocenters. The quantitative estimate of drug-likeness (QED) is 0.158. The first-order valence-electron chi connectivity index (χ1n) is 40.2. The van der Waals surface area contributed by atoms with E-state index in [1.807, 2.05) is 34.0 Å². The summed E-state index contributed by atoms with van der Waals surface area (Å²) in [7, 11) is 0. The minimum atomic E-state index is -0.0429. The molecule has 0 N–H and O–H groups in total. The van der Waals surface area contributed by atoms with Gasteiger partial charge in [0.15, 0.2) is 0 Å². The Morgan fingerprint density at radius 2 is 0.623 bits per heavy atom. The first kappa shape index (κ1) is 71.4. The number of thiophene rings is 3. The molecule has 0 spiro atoms. The summed E-state index contributed by atoms with van der Waals surface area (Å²) in [5.74, 6) is 0. The number of nitrogens with zero attached hydrogens (tertiary/aromatic N) is 3. The van der Waals surface area contributed by atoms with Crippen LogP contribution in [-0.4, -0.2) is 4.57 Å². The average Bonchev–Trinajstić information content (AvgIpc) is 1.45. The summed E-state index contributed by atoms with van der Waals surface area (Å²) in [5.41, 5.74) is 27.9. The van der Waals surface area contributed by atoms with E-state index >= 15 is 0 Å². The standard InChI is InChI=1S/C36H29NS.2C36H31NS/c1-35(2)27-16-8-5-12-22(27)25-20-21-31-32(33(25)36(35,3)4)26-15-11-19-30(34(26)38-31)37-28-17-9-6-13-23(28)24-14-7-10-18-29(24)37;1-35(2)29-20-12-11-18-26(29)27-22-23-31-32(33(27)36(35,3)4)28-19-13-21-30(34(28)38-31)37(24-14-7-5-8-15-24)25-16-9-6-10-17-25;1-35(2)30-18-12-11-17-29(30)33-31(36(35,3)4)22-21-28-27-20-19-26(23-32(27)38-34(28)33)37(24-13-7-5-8-14-24)25-15-9-6-10-16-25/h5-21H,1-4H3;2*5-23H,1-4H3. The van der Waals surface area contributed by atoms with Crippen LogP contribution in [0.5, 0.6) is 0 Å². The molecular weight excluding hydrogens is 1440 g/mol. The molecule has 0 fully saturated rings. The number of hydrogen-bond acceptors (Lipinski definition) is 5. The zero-order valence-electron chi connectivity index (χ0n) is 66.8. The van der Waals surface area contributed by atoms with Gasteiger partial charge < -0.3 is 14.4 Å². The second-order valence-corrected chi connectivity index (χ2v) is 37.8. The van der Waals surface area contributed by atoms with Crippen molar-refractivity contribution in [1.82, 2.24) is 4.57 Å². The van der Waals surface area contributed by atoms with Crippen LogP contribution in [0.25, 0.3) is 121 Å². The molecule has 4 aromatic heterocycles. The van der Waals surface area contributed by atoms with Gasteiger partial charge in [-0.25, -0.2) is 0 Å². The maximum absolute atomic E-state index is 2.47. The molecule has 3 aliphatic carbocycles. The first-order valence-corrected chi connectivity index (χ1v) is 42.7. The zero-order valence-corrected chi connectivity index (χ0v) is 69.3. The highest BCUT2D eigenvalue weighted by atomic mass is 32.1. The Balaban J connectivity index is 0.000000111. The number of benzene rings is 15. The van der Waals surface area contributed by atoms with Gasteiger partial charge in [0.25, 0.3) is 0 Å². The number of para-hydroxylation sites is 6. The normalized spacial score (nSPS) is 15.4. The summed E-state index contributed by atoms with van der Waals surface area (Å²) in [6, 6.07) is 122. The maximum Gasteiger partial charge on any atom is 0.0640 e. The highest BCUT2D eigenvalue weighted by molar-refractivity contribution is 7.27. The summed E-state index contributed by atoms with van der Waals surface area (Å²) in [6.07, 6.45) is 0. The smallest absolute Gasteiger partial charge is 0.0640 e. The van der Waals surface area contributed by atoms with E-state index in [9.17, 15) is 0 Å². The number of fused-ring (bicyclic) bond motifs is 24. The van der Waals surface area contributed by atoms with Crippen LogP contribution in [0.2, 0.25) is 0 Å². The molecule has 0 saturated heterocycles. The van der Waals surface area contributed by atoms with Gasteiger partial charge in [0.1, 0.15) is 0 Å². The molecule has 0 bridgehead atoms. The Morgan fingerprint density at radius 1 is 0.237 bits per heavy atom. The van der Waals surface area contributed by atoms with Gasteiger partial charge >= 0.3 is 0 Å². The fourth-order valence-electron chi connectivity index (χ4n) is 19.7. The van der Waals surface area contributed by atoms with Crippen molar-refractivity contribution in [2.24, 2.45) is 0 Å². The molecule has 19 aromatic rings. The Bertz CT molecular complexity index is 6910. The van der Waals surface area contributed by atoms with Crippen molar-refractivity contribution in [2.75, 3.05) is 9.80 Å². The molecule has 0 amide bonds. The Hall–Kier alpha value is -11.6. The SMILES string of the molecule is CC1(C)c2ccccc2-c2c(ccc3c2sc2cc(N(c4ccccc4)c4ccccc4)ccc23)C1(C)C.CC1(C)c2ccccc2-c2ccc3sc4c(-n5c6ccccc6c6ccccc65)cccc4c3c2C1(C)C.CC1(C)c2ccccc2-c2ccc3sc4c(N(c5ccccc5)c5ccccc5)cccc4c3c2C1(C)C. The van der Waals surface area contributed by atoms with Gasteiger partial charge in [0, 0.05) is 107 Å². The van der Waals surface area contributed by atoms with E-state index in [0.29, 0.717) is 0 Å². The molecule has 3 nitrogen and oxygen atoms in total. The van der Waals surface area contributed by atoms with Crippen molar-refractivity contribution in [3.8, 4) is 39.1 Å². The number of rotatable bonds is 7. The molecule has 15 aromatic carbocycles. The highest BCUT2D eigenvalue weighted by Crippen LogP contribution is 2.62. The summed E-state index contributed by atoms with van der Waals surface area (Å²) in [6.45, 7) is 29.1. The second kappa shape index (κ2) is 26.5. The number of aromatic nitrogens is 1. The van der Waals surface area contributed by atoms with Crippen LogP contribution in [0, 0.1) is 0 Å². The summed E-state index contributed by atoms with van der Waals surface area (Å²) in [5, 5.41) is 10.8. The monoisotopic (exact) mass is 1530 g/mol. The van der Waals surface area contributed by atoms with Crippen LogP contribution < -0.4 is 9.80 Å². The third-order valence-electron chi connectivity index (χ3n) is 27.5. The number of hydrogen-bond donors (Lipinski definition) is 0. The van der Waals surface area contributed by atoms with E-state index < -0.39 is 0 Å². The largest absolute Gasteiger partial charge is 0.310 e. The van der Waals surface area contributed by atoms with Crippen LogP contribution >= 0.6 is 34.0 Å². The molecule has 0 radical (unpaired) electrons. The molecule has 22 rings (SSSR count). The second-order valence-electron chi connectivity index (χ2n) is 34.7. The molecule has 0 atom stereocenters. The van der Waals surface area contributed by atoms with Crippen molar-refractivity contribution in [3.05, 3.63) is 367 Å².